The molecule has 0 amide bonds. The highest BCUT2D eigenvalue weighted by atomic mass is 16.5. The van der Waals surface area contributed by atoms with Crippen LogP contribution in [0.25, 0.3) is 11.4 Å². The molecule has 1 N–H and O–H groups in total. The van der Waals surface area contributed by atoms with Crippen molar-refractivity contribution >= 4 is 0 Å². The minimum Gasteiger partial charge on any atom is -0.494 e. The molecule has 6 nitrogen and oxygen atoms in total. The van der Waals surface area contributed by atoms with Gasteiger partial charge in [0, 0.05) is 6.20 Å². The van der Waals surface area contributed by atoms with Crippen LogP contribution in [0.15, 0.2) is 12.3 Å². The number of aromatic amines is 1. The molecule has 0 aliphatic rings. The number of rotatable bonds is 2. The van der Waals surface area contributed by atoms with Crippen LogP contribution in [0.2, 0.25) is 0 Å². The number of ether oxygens (including phenoxy) is 1. The fraction of sp³-hybridized carbons (Fsp3) is 0.250. The van der Waals surface area contributed by atoms with E-state index in [0.717, 1.165) is 11.3 Å². The molecule has 6 heteroatoms. The highest BCUT2D eigenvalue weighted by Gasteiger charge is 2.12. The second kappa shape index (κ2) is 3.41. The first-order chi connectivity index (χ1) is 6.83. The lowest BCUT2D eigenvalue weighted by atomic mass is 10.2. The molecule has 0 aliphatic carbocycles. The van der Waals surface area contributed by atoms with Gasteiger partial charge in [0.1, 0.15) is 0 Å². The van der Waals surface area contributed by atoms with E-state index in [2.05, 4.69) is 25.6 Å². The van der Waals surface area contributed by atoms with Gasteiger partial charge in [-0.3, -0.25) is 4.98 Å². The molecule has 0 spiro atoms. The number of hydrogen-bond acceptors (Lipinski definition) is 5. The fourth-order valence-electron chi connectivity index (χ4n) is 1.26. The van der Waals surface area contributed by atoms with Gasteiger partial charge in [-0.2, -0.15) is 5.21 Å². The summed E-state index contributed by atoms with van der Waals surface area (Å²) in [6.07, 6.45) is 1.68. The lowest BCUT2D eigenvalue weighted by molar-refractivity contribution is 0.410. The van der Waals surface area contributed by atoms with Crippen LogP contribution < -0.4 is 4.74 Å². The van der Waals surface area contributed by atoms with E-state index < -0.39 is 0 Å². The maximum atomic E-state index is 5.22. The van der Waals surface area contributed by atoms with Crippen molar-refractivity contribution < 1.29 is 4.74 Å². The summed E-state index contributed by atoms with van der Waals surface area (Å²) >= 11 is 0. The first-order valence-corrected chi connectivity index (χ1v) is 4.06. The predicted molar refractivity (Wildman–Crippen MR) is 48.7 cm³/mol. The normalized spacial score (nSPS) is 10.1. The molecule has 0 unspecified atom stereocenters. The summed E-state index contributed by atoms with van der Waals surface area (Å²) in [7, 11) is 1.59. The lowest BCUT2D eigenvalue weighted by Crippen LogP contribution is -1.94. The van der Waals surface area contributed by atoms with E-state index in [9.17, 15) is 0 Å². The van der Waals surface area contributed by atoms with Gasteiger partial charge in [0.2, 0.25) is 5.82 Å². The average Bonchev–Trinajstić information content (AvgIpc) is 2.70. The summed E-state index contributed by atoms with van der Waals surface area (Å²) in [4.78, 5) is 4.11. The van der Waals surface area contributed by atoms with Gasteiger partial charge in [-0.05, 0) is 18.2 Å². The summed E-state index contributed by atoms with van der Waals surface area (Å²) in [5, 5.41) is 13.6. The Kier molecular flexibility index (Phi) is 2.10. The maximum Gasteiger partial charge on any atom is 0.208 e. The van der Waals surface area contributed by atoms with Gasteiger partial charge in [0.15, 0.2) is 5.75 Å². The zero-order valence-corrected chi connectivity index (χ0v) is 7.85. The summed E-state index contributed by atoms with van der Waals surface area (Å²) in [5.41, 5.74) is 1.59. The molecular formula is C8H9N5O. The Morgan fingerprint density at radius 3 is 2.93 bits per heavy atom. The largest absolute Gasteiger partial charge is 0.494 e. The second-order valence-electron chi connectivity index (χ2n) is 2.71. The monoisotopic (exact) mass is 191 g/mol. The zero-order chi connectivity index (χ0) is 9.97. The molecule has 0 aliphatic heterocycles. The van der Waals surface area contributed by atoms with Crippen molar-refractivity contribution in [1.29, 1.82) is 0 Å². The Morgan fingerprint density at radius 1 is 1.43 bits per heavy atom. The number of aryl methyl sites for hydroxylation is 1. The van der Waals surface area contributed by atoms with Gasteiger partial charge in [-0.15, -0.1) is 10.2 Å². The molecule has 2 heterocycles. The number of H-pyrrole nitrogens is 1. The Labute approximate surface area is 80.3 Å². The first-order valence-electron chi connectivity index (χ1n) is 4.06. The standard InChI is InChI=1S/C8H9N5O/c1-5-7(14-2)6(3-4-9-5)8-10-12-13-11-8/h3-4H,1-2H3,(H,10,11,12,13). The molecule has 14 heavy (non-hydrogen) atoms. The summed E-state index contributed by atoms with van der Waals surface area (Å²) in [6.45, 7) is 1.86. The van der Waals surface area contributed by atoms with Crippen LogP contribution in [0, 0.1) is 6.92 Å². The second-order valence-corrected chi connectivity index (χ2v) is 2.71. The highest BCUT2D eigenvalue weighted by Crippen LogP contribution is 2.27. The molecule has 0 radical (unpaired) electrons. The van der Waals surface area contributed by atoms with E-state index in [1.165, 1.54) is 0 Å². The van der Waals surface area contributed by atoms with Crippen LogP contribution in [0.4, 0.5) is 0 Å². The van der Waals surface area contributed by atoms with Crippen molar-refractivity contribution in [2.45, 2.75) is 6.92 Å². The SMILES string of the molecule is COc1c(-c2nn[nH]n2)ccnc1C. The van der Waals surface area contributed by atoms with Crippen LogP contribution in [-0.2, 0) is 0 Å². The molecule has 0 saturated carbocycles. The van der Waals surface area contributed by atoms with Crippen LogP contribution in [0.1, 0.15) is 5.69 Å². The number of hydrogen-bond donors (Lipinski definition) is 1. The van der Waals surface area contributed by atoms with Crippen molar-refractivity contribution in [3.63, 3.8) is 0 Å². The summed E-state index contributed by atoms with van der Waals surface area (Å²) in [5.74, 6) is 1.18. The molecule has 0 bridgehead atoms. The molecule has 2 aromatic heterocycles. The van der Waals surface area contributed by atoms with Crippen molar-refractivity contribution in [2.75, 3.05) is 7.11 Å². The van der Waals surface area contributed by atoms with Gasteiger partial charge in [-0.1, -0.05) is 0 Å². The first kappa shape index (κ1) is 8.61. The van der Waals surface area contributed by atoms with Crippen molar-refractivity contribution in [2.24, 2.45) is 0 Å². The van der Waals surface area contributed by atoms with Crippen LogP contribution in [-0.4, -0.2) is 32.7 Å². The third kappa shape index (κ3) is 1.30. The van der Waals surface area contributed by atoms with Gasteiger partial charge in [0.05, 0.1) is 18.4 Å². The number of pyridine rings is 1. The van der Waals surface area contributed by atoms with E-state index >= 15 is 0 Å². The molecule has 72 valence electrons. The maximum absolute atomic E-state index is 5.22. The lowest BCUT2D eigenvalue weighted by Gasteiger charge is -2.06. The summed E-state index contributed by atoms with van der Waals surface area (Å²) in [6, 6.07) is 1.79. The number of nitrogens with zero attached hydrogens (tertiary/aromatic N) is 4. The highest BCUT2D eigenvalue weighted by molar-refractivity contribution is 5.64. The van der Waals surface area contributed by atoms with E-state index in [1.807, 2.05) is 6.92 Å². The minimum atomic E-state index is 0.507. The molecule has 0 aromatic carbocycles. The van der Waals surface area contributed by atoms with E-state index in [4.69, 9.17) is 4.74 Å². The number of methoxy groups -OCH3 is 1. The van der Waals surface area contributed by atoms with Gasteiger partial charge < -0.3 is 4.74 Å². The van der Waals surface area contributed by atoms with Crippen LogP contribution in [0.3, 0.4) is 0 Å². The molecule has 0 saturated heterocycles. The summed E-state index contributed by atoms with van der Waals surface area (Å²) < 4.78 is 5.22. The van der Waals surface area contributed by atoms with Gasteiger partial charge >= 0.3 is 0 Å². The molecule has 0 fully saturated rings. The Balaban J connectivity index is 2.58. The molecule has 2 aromatic rings. The predicted octanol–water partition coefficient (Wildman–Crippen LogP) is 0.579. The van der Waals surface area contributed by atoms with Gasteiger partial charge in [-0.25, -0.2) is 0 Å². The van der Waals surface area contributed by atoms with Gasteiger partial charge in [0.25, 0.3) is 0 Å². The smallest absolute Gasteiger partial charge is 0.208 e. The molecular weight excluding hydrogens is 182 g/mol. The average molecular weight is 191 g/mol. The third-order valence-electron chi connectivity index (χ3n) is 1.87. The number of nitrogens with one attached hydrogen (secondary N) is 1. The van der Waals surface area contributed by atoms with Crippen molar-refractivity contribution in [1.82, 2.24) is 25.6 Å². The van der Waals surface area contributed by atoms with E-state index in [-0.39, 0.29) is 0 Å². The fourth-order valence-corrected chi connectivity index (χ4v) is 1.26. The quantitative estimate of drug-likeness (QED) is 0.751. The van der Waals surface area contributed by atoms with E-state index in [0.29, 0.717) is 11.6 Å². The van der Waals surface area contributed by atoms with Crippen molar-refractivity contribution in [3.05, 3.63) is 18.0 Å². The van der Waals surface area contributed by atoms with Crippen LogP contribution in [0.5, 0.6) is 5.75 Å². The van der Waals surface area contributed by atoms with E-state index in [1.54, 1.807) is 19.4 Å². The molecule has 0 atom stereocenters. The van der Waals surface area contributed by atoms with Crippen molar-refractivity contribution in [3.8, 4) is 17.1 Å². The Morgan fingerprint density at radius 2 is 2.29 bits per heavy atom. The third-order valence-corrected chi connectivity index (χ3v) is 1.87. The van der Waals surface area contributed by atoms with Crippen LogP contribution >= 0.6 is 0 Å². The molecule has 2 rings (SSSR count). The topological polar surface area (TPSA) is 76.6 Å². The zero-order valence-electron chi connectivity index (χ0n) is 7.85. The Hall–Kier alpha value is -1.98. The number of aromatic nitrogens is 5. The number of tetrazole rings is 1. The minimum absolute atomic E-state index is 0.507. The Bertz CT molecular complexity index is 425.